The smallest absolute Gasteiger partial charge is 0.234 e. The average Bonchev–Trinajstić information content (AvgIpc) is 2.67. The van der Waals surface area contributed by atoms with E-state index in [9.17, 15) is 14.0 Å². The molecule has 1 heterocycles. The lowest BCUT2D eigenvalue weighted by Crippen LogP contribution is -2.29. The van der Waals surface area contributed by atoms with Crippen molar-refractivity contribution in [2.24, 2.45) is 0 Å². The maximum atomic E-state index is 13.1. The predicted molar refractivity (Wildman–Crippen MR) is 62.1 cm³/mol. The summed E-state index contributed by atoms with van der Waals surface area (Å²) in [6, 6.07) is 3.65. The van der Waals surface area contributed by atoms with E-state index >= 15 is 0 Å². The number of imide groups is 1. The third-order valence-electron chi connectivity index (χ3n) is 2.55. The van der Waals surface area contributed by atoms with Crippen LogP contribution in [0.4, 0.5) is 10.1 Å². The third-order valence-corrected chi connectivity index (χ3v) is 2.55. The Hall–Kier alpha value is -2.19. The van der Waals surface area contributed by atoms with Gasteiger partial charge in [0.05, 0.1) is 11.3 Å². The van der Waals surface area contributed by atoms with E-state index in [-0.39, 0.29) is 42.5 Å². The first-order chi connectivity index (χ1) is 8.63. The zero-order chi connectivity index (χ0) is 13.1. The van der Waals surface area contributed by atoms with E-state index in [2.05, 4.69) is 11.8 Å². The monoisotopic (exact) mass is 247 g/mol. The fraction of sp³-hybridized carbons (Fsp3) is 0.231. The van der Waals surface area contributed by atoms with Crippen molar-refractivity contribution in [1.82, 2.24) is 0 Å². The van der Waals surface area contributed by atoms with Crippen LogP contribution in [-0.4, -0.2) is 23.5 Å². The minimum Gasteiger partial charge on any atom is -0.384 e. The van der Waals surface area contributed by atoms with E-state index < -0.39 is 5.82 Å². The summed E-state index contributed by atoms with van der Waals surface area (Å²) in [6.07, 6.45) is 0.312. The number of amides is 2. The molecule has 0 unspecified atom stereocenters. The minimum absolute atomic E-state index is 0.156. The molecule has 1 aliphatic heterocycles. The van der Waals surface area contributed by atoms with Crippen molar-refractivity contribution >= 4 is 17.5 Å². The van der Waals surface area contributed by atoms with Gasteiger partial charge in [-0.25, -0.2) is 9.29 Å². The first kappa shape index (κ1) is 12.3. The summed E-state index contributed by atoms with van der Waals surface area (Å²) in [4.78, 5) is 24.2. The van der Waals surface area contributed by atoms with Crippen LogP contribution in [0.1, 0.15) is 18.4 Å². The first-order valence-corrected chi connectivity index (χ1v) is 5.38. The van der Waals surface area contributed by atoms with Crippen LogP contribution < -0.4 is 4.90 Å². The molecule has 18 heavy (non-hydrogen) atoms. The first-order valence-electron chi connectivity index (χ1n) is 5.38. The number of nitrogens with zero attached hydrogens (tertiary/aromatic N) is 1. The molecule has 0 aliphatic carbocycles. The molecular formula is C13H10FNO3. The van der Waals surface area contributed by atoms with E-state index in [1.165, 1.54) is 12.1 Å². The second-order valence-electron chi connectivity index (χ2n) is 3.74. The van der Waals surface area contributed by atoms with Gasteiger partial charge in [0.2, 0.25) is 11.8 Å². The third kappa shape index (κ3) is 2.24. The zero-order valence-electron chi connectivity index (χ0n) is 9.44. The fourth-order valence-electron chi connectivity index (χ4n) is 1.78. The minimum atomic E-state index is -0.514. The van der Waals surface area contributed by atoms with E-state index in [1.54, 1.807) is 0 Å². The van der Waals surface area contributed by atoms with Crippen LogP contribution in [0.3, 0.4) is 0 Å². The predicted octanol–water partition coefficient (Wildman–Crippen LogP) is 0.823. The van der Waals surface area contributed by atoms with Crippen molar-refractivity contribution in [3.05, 3.63) is 29.6 Å². The van der Waals surface area contributed by atoms with Crippen molar-refractivity contribution < 1.29 is 19.1 Å². The summed E-state index contributed by atoms with van der Waals surface area (Å²) in [6.45, 7) is -0.377. The second-order valence-corrected chi connectivity index (χ2v) is 3.74. The van der Waals surface area contributed by atoms with Gasteiger partial charge >= 0.3 is 0 Å². The quantitative estimate of drug-likeness (QED) is 0.590. The lowest BCUT2D eigenvalue weighted by atomic mass is 10.1. The van der Waals surface area contributed by atoms with Crippen molar-refractivity contribution in [3.8, 4) is 11.8 Å². The lowest BCUT2D eigenvalue weighted by Gasteiger charge is -2.15. The van der Waals surface area contributed by atoms with E-state index in [1.807, 2.05) is 0 Å². The Kier molecular flexibility index (Phi) is 3.40. The maximum absolute atomic E-state index is 13.1. The van der Waals surface area contributed by atoms with Crippen molar-refractivity contribution in [2.75, 3.05) is 11.5 Å². The number of hydrogen-bond donors (Lipinski definition) is 1. The SMILES string of the molecule is O=C1CCC(=O)N1c1ccc(F)cc1C#CCO. The maximum Gasteiger partial charge on any atom is 0.234 e. The molecule has 0 radical (unpaired) electrons. The van der Waals surface area contributed by atoms with Crippen LogP contribution in [0.25, 0.3) is 0 Å². The van der Waals surface area contributed by atoms with Crippen LogP contribution in [-0.2, 0) is 9.59 Å². The molecule has 0 aromatic heterocycles. The second kappa shape index (κ2) is 4.98. The molecule has 2 rings (SSSR count). The number of carbonyl (C=O) groups is 2. The molecule has 0 atom stereocenters. The topological polar surface area (TPSA) is 57.6 Å². The molecule has 2 amide bonds. The Labute approximate surface area is 103 Å². The summed E-state index contributed by atoms with van der Waals surface area (Å²) >= 11 is 0. The molecule has 1 saturated heterocycles. The molecule has 1 N–H and O–H groups in total. The number of aliphatic hydroxyl groups is 1. The standard InChI is InChI=1S/C13H10FNO3/c14-10-3-4-11(9(8-10)2-1-7-16)15-12(17)5-6-13(15)18/h3-4,8,16H,5-7H2. The summed E-state index contributed by atoms with van der Waals surface area (Å²) in [7, 11) is 0. The highest BCUT2D eigenvalue weighted by atomic mass is 19.1. The number of anilines is 1. The van der Waals surface area contributed by atoms with Gasteiger partial charge in [-0.3, -0.25) is 9.59 Å². The molecule has 1 aromatic carbocycles. The normalized spacial score (nSPS) is 14.7. The van der Waals surface area contributed by atoms with Gasteiger partial charge in [-0.2, -0.15) is 0 Å². The number of benzene rings is 1. The molecule has 92 valence electrons. The Bertz CT molecular complexity index is 555. The fourth-order valence-corrected chi connectivity index (χ4v) is 1.78. The van der Waals surface area contributed by atoms with Gasteiger partial charge in [0.25, 0.3) is 0 Å². The zero-order valence-corrected chi connectivity index (χ0v) is 9.44. The summed E-state index contributed by atoms with van der Waals surface area (Å²) in [5.74, 6) is 3.76. The van der Waals surface area contributed by atoms with Gasteiger partial charge in [0.1, 0.15) is 12.4 Å². The molecule has 4 nitrogen and oxygen atoms in total. The van der Waals surface area contributed by atoms with Crippen molar-refractivity contribution in [3.63, 3.8) is 0 Å². The van der Waals surface area contributed by atoms with Crippen LogP contribution in [0, 0.1) is 17.7 Å². The van der Waals surface area contributed by atoms with Crippen molar-refractivity contribution in [1.29, 1.82) is 0 Å². The number of rotatable bonds is 1. The molecule has 5 heteroatoms. The Morgan fingerprint density at radius 2 is 1.94 bits per heavy atom. The average molecular weight is 247 g/mol. The highest BCUT2D eigenvalue weighted by Crippen LogP contribution is 2.26. The molecule has 1 aliphatic rings. The highest BCUT2D eigenvalue weighted by molar-refractivity contribution is 6.20. The molecule has 0 bridgehead atoms. The summed E-state index contributed by atoms with van der Waals surface area (Å²) in [5, 5.41) is 8.64. The largest absolute Gasteiger partial charge is 0.384 e. The van der Waals surface area contributed by atoms with Crippen LogP contribution in [0.2, 0.25) is 0 Å². The Morgan fingerprint density at radius 1 is 1.28 bits per heavy atom. The van der Waals surface area contributed by atoms with Crippen LogP contribution in [0.15, 0.2) is 18.2 Å². The van der Waals surface area contributed by atoms with Gasteiger partial charge in [-0.15, -0.1) is 0 Å². The number of hydrogen-bond acceptors (Lipinski definition) is 3. The van der Waals surface area contributed by atoms with E-state index in [0.717, 1.165) is 11.0 Å². The molecular weight excluding hydrogens is 237 g/mol. The Morgan fingerprint density at radius 3 is 2.56 bits per heavy atom. The van der Waals surface area contributed by atoms with Gasteiger partial charge in [-0.1, -0.05) is 11.8 Å². The summed E-state index contributed by atoms with van der Waals surface area (Å²) in [5.41, 5.74) is 0.484. The van der Waals surface area contributed by atoms with Crippen LogP contribution in [0.5, 0.6) is 0 Å². The Balaban J connectivity index is 2.49. The molecule has 1 aromatic rings. The number of halogens is 1. The molecule has 1 fully saturated rings. The van der Waals surface area contributed by atoms with E-state index in [0.29, 0.717) is 0 Å². The lowest BCUT2D eigenvalue weighted by molar-refractivity contribution is -0.121. The number of aliphatic hydroxyl groups excluding tert-OH is 1. The highest BCUT2D eigenvalue weighted by Gasteiger charge is 2.31. The molecule has 0 saturated carbocycles. The van der Waals surface area contributed by atoms with Gasteiger partial charge in [-0.05, 0) is 18.2 Å². The van der Waals surface area contributed by atoms with Gasteiger partial charge in [0, 0.05) is 12.8 Å². The van der Waals surface area contributed by atoms with Crippen LogP contribution >= 0.6 is 0 Å². The molecule has 0 spiro atoms. The van der Waals surface area contributed by atoms with Crippen molar-refractivity contribution in [2.45, 2.75) is 12.8 Å². The van der Waals surface area contributed by atoms with Gasteiger partial charge < -0.3 is 5.11 Å². The number of carbonyl (C=O) groups excluding carboxylic acids is 2. The van der Waals surface area contributed by atoms with E-state index in [4.69, 9.17) is 5.11 Å². The van der Waals surface area contributed by atoms with Gasteiger partial charge in [0.15, 0.2) is 0 Å². The summed E-state index contributed by atoms with van der Waals surface area (Å²) < 4.78 is 13.1.